The highest BCUT2D eigenvalue weighted by Gasteiger charge is 2.32. The zero-order chi connectivity index (χ0) is 30.0. The fourth-order valence-electron chi connectivity index (χ4n) is 4.15. The summed E-state index contributed by atoms with van der Waals surface area (Å²) in [4.78, 5) is 51.0. The number of anilines is 1. The molecule has 12 nitrogen and oxygen atoms in total. The molecule has 5 rings (SSSR count). The zero-order valence-electron chi connectivity index (χ0n) is 22.8. The van der Waals surface area contributed by atoms with Crippen molar-refractivity contribution in [3.05, 3.63) is 120 Å². The van der Waals surface area contributed by atoms with Crippen LogP contribution in [0.3, 0.4) is 0 Å². The molecule has 2 N–H and O–H groups in total. The number of nitrogen functional groups attached to an aromatic ring is 1. The smallest absolute Gasteiger partial charge is 0.338 e. The van der Waals surface area contributed by atoms with E-state index in [4.69, 9.17) is 24.7 Å². The molecule has 0 saturated carbocycles. The summed E-state index contributed by atoms with van der Waals surface area (Å²) in [6.07, 6.45) is 0.331. The summed E-state index contributed by atoms with van der Waals surface area (Å²) in [7, 11) is 0. The molecule has 0 bridgehead atoms. The van der Waals surface area contributed by atoms with Gasteiger partial charge in [-0.05, 0) is 36.4 Å². The van der Waals surface area contributed by atoms with Crippen LogP contribution in [-0.4, -0.2) is 63.4 Å². The number of benzene rings is 3. The molecule has 5 aromatic rings. The van der Waals surface area contributed by atoms with Crippen molar-refractivity contribution in [3.63, 3.8) is 0 Å². The molecule has 0 radical (unpaired) electrons. The summed E-state index contributed by atoms with van der Waals surface area (Å²) in [6.45, 7) is -0.631. The number of ether oxygens (including phenoxy) is 4. The second kappa shape index (κ2) is 13.8. The third kappa shape index (κ3) is 7.18. The number of esters is 3. The highest BCUT2D eigenvalue weighted by atomic mass is 16.6. The number of fused-ring (bicyclic) bond motifs is 1. The Kier molecular flexibility index (Phi) is 9.29. The van der Waals surface area contributed by atoms with Crippen molar-refractivity contribution in [1.82, 2.24) is 19.5 Å². The van der Waals surface area contributed by atoms with Crippen LogP contribution in [0, 0.1) is 0 Å². The van der Waals surface area contributed by atoms with Gasteiger partial charge in [0.25, 0.3) is 0 Å². The molecular formula is C31H27N5O7. The minimum Gasteiger partial charge on any atom is -0.460 e. The number of carbonyl (C=O) groups is 3. The van der Waals surface area contributed by atoms with Crippen molar-refractivity contribution in [2.45, 2.75) is 12.3 Å². The van der Waals surface area contributed by atoms with Crippen LogP contribution in [0.25, 0.3) is 11.2 Å². The lowest BCUT2D eigenvalue weighted by atomic mass is 10.2. The first-order chi connectivity index (χ1) is 21.0. The molecule has 43 heavy (non-hydrogen) atoms. The van der Waals surface area contributed by atoms with E-state index in [1.165, 1.54) is 17.2 Å². The van der Waals surface area contributed by atoms with Crippen molar-refractivity contribution in [2.75, 3.05) is 25.6 Å². The Bertz CT molecular complexity index is 1680. The molecule has 0 fully saturated rings. The summed E-state index contributed by atoms with van der Waals surface area (Å²) < 4.78 is 24.4. The molecule has 0 aliphatic carbocycles. The van der Waals surface area contributed by atoms with Gasteiger partial charge in [0.15, 0.2) is 23.8 Å². The Morgan fingerprint density at radius 1 is 0.698 bits per heavy atom. The van der Waals surface area contributed by atoms with Gasteiger partial charge in [0.05, 0.1) is 29.6 Å². The van der Waals surface area contributed by atoms with Crippen molar-refractivity contribution in [3.8, 4) is 0 Å². The minimum absolute atomic E-state index is 0.116. The van der Waals surface area contributed by atoms with Crippen LogP contribution < -0.4 is 5.73 Å². The molecule has 0 saturated heterocycles. The maximum atomic E-state index is 13.2. The largest absolute Gasteiger partial charge is 0.460 e. The van der Waals surface area contributed by atoms with Crippen molar-refractivity contribution < 1.29 is 33.3 Å². The average molecular weight is 582 g/mol. The number of carbonyl (C=O) groups excluding carboxylic acids is 3. The molecule has 218 valence electrons. The molecule has 0 spiro atoms. The first-order valence-electron chi connectivity index (χ1n) is 13.3. The number of imidazole rings is 1. The third-order valence-electron chi connectivity index (χ3n) is 6.25. The number of hydrogen-bond donors (Lipinski definition) is 1. The highest BCUT2D eigenvalue weighted by Crippen LogP contribution is 2.25. The lowest BCUT2D eigenvalue weighted by molar-refractivity contribution is -0.112. The Labute approximate surface area is 246 Å². The Morgan fingerprint density at radius 3 is 1.86 bits per heavy atom. The summed E-state index contributed by atoms with van der Waals surface area (Å²) in [5.41, 5.74) is 7.55. The first kappa shape index (κ1) is 28.9. The van der Waals surface area contributed by atoms with Gasteiger partial charge in [-0.1, -0.05) is 54.6 Å². The van der Waals surface area contributed by atoms with Gasteiger partial charge in [0.1, 0.15) is 25.1 Å². The van der Waals surface area contributed by atoms with Gasteiger partial charge in [-0.15, -0.1) is 0 Å². The summed E-state index contributed by atoms with van der Waals surface area (Å²) >= 11 is 0. The molecule has 12 heteroatoms. The first-order valence-corrected chi connectivity index (χ1v) is 13.3. The van der Waals surface area contributed by atoms with E-state index < -0.39 is 30.2 Å². The van der Waals surface area contributed by atoms with E-state index in [2.05, 4.69) is 15.0 Å². The molecule has 2 heterocycles. The van der Waals surface area contributed by atoms with Crippen LogP contribution in [0.15, 0.2) is 104 Å². The molecular weight excluding hydrogens is 554 g/mol. The quantitative estimate of drug-likeness (QED) is 0.130. The van der Waals surface area contributed by atoms with Gasteiger partial charge in [-0.25, -0.2) is 29.3 Å². The Balaban J connectivity index is 1.41. The second-order valence-electron chi connectivity index (χ2n) is 9.12. The van der Waals surface area contributed by atoms with Crippen LogP contribution in [0.4, 0.5) is 5.82 Å². The molecule has 0 aliphatic heterocycles. The van der Waals surface area contributed by atoms with Gasteiger partial charge in [0.2, 0.25) is 0 Å². The van der Waals surface area contributed by atoms with Gasteiger partial charge in [-0.3, -0.25) is 4.57 Å². The van der Waals surface area contributed by atoms with Crippen LogP contribution >= 0.6 is 0 Å². The fraction of sp³-hybridized carbons (Fsp3) is 0.161. The molecule has 2 atom stereocenters. The van der Waals surface area contributed by atoms with Crippen LogP contribution in [0.1, 0.15) is 37.3 Å². The molecule has 3 aromatic carbocycles. The van der Waals surface area contributed by atoms with Gasteiger partial charge in [-0.2, -0.15) is 0 Å². The van der Waals surface area contributed by atoms with Crippen LogP contribution in [0.5, 0.6) is 0 Å². The fourth-order valence-corrected chi connectivity index (χ4v) is 4.15. The zero-order valence-corrected chi connectivity index (χ0v) is 22.8. The molecule has 2 aromatic heterocycles. The maximum Gasteiger partial charge on any atom is 0.338 e. The van der Waals surface area contributed by atoms with Crippen LogP contribution in [0.2, 0.25) is 0 Å². The van der Waals surface area contributed by atoms with Crippen molar-refractivity contribution >= 4 is 34.9 Å². The van der Waals surface area contributed by atoms with E-state index >= 15 is 0 Å². The third-order valence-corrected chi connectivity index (χ3v) is 6.25. The topological polar surface area (TPSA) is 158 Å². The normalized spacial score (nSPS) is 12.3. The summed E-state index contributed by atoms with van der Waals surface area (Å²) in [6, 6.07) is 25.2. The number of rotatable bonds is 12. The van der Waals surface area contributed by atoms with E-state index in [-0.39, 0.29) is 36.8 Å². The number of aromatic nitrogens is 4. The Hall–Kier alpha value is -5.62. The minimum atomic E-state index is -1.20. The highest BCUT2D eigenvalue weighted by molar-refractivity contribution is 5.90. The monoisotopic (exact) mass is 581 g/mol. The molecule has 0 amide bonds. The average Bonchev–Trinajstić information content (AvgIpc) is 3.49. The van der Waals surface area contributed by atoms with Gasteiger partial charge < -0.3 is 24.7 Å². The number of hydrogen-bond acceptors (Lipinski definition) is 11. The predicted octanol–water partition coefficient (Wildman–Crippen LogP) is 3.86. The second-order valence-corrected chi connectivity index (χ2v) is 9.12. The van der Waals surface area contributed by atoms with E-state index in [0.29, 0.717) is 16.6 Å². The van der Waals surface area contributed by atoms with E-state index in [0.717, 1.165) is 0 Å². The van der Waals surface area contributed by atoms with Gasteiger partial charge >= 0.3 is 17.9 Å². The number of nitrogens with zero attached hydrogens (tertiary/aromatic N) is 4. The van der Waals surface area contributed by atoms with E-state index in [1.54, 1.807) is 91.0 Å². The summed E-state index contributed by atoms with van der Waals surface area (Å²) in [5.74, 6) is -1.70. The van der Waals surface area contributed by atoms with E-state index in [9.17, 15) is 14.4 Å². The van der Waals surface area contributed by atoms with Crippen LogP contribution in [-0.2, 0) is 18.9 Å². The molecule has 0 aliphatic rings. The standard InChI is InChI=1S/C31H27N5O7/c32-26-25-27(34-19-33-26)36(20-35-25)28(40-16-17-41-29(37)21-10-4-1-5-11-21)24(43-31(39)23-14-8-3-9-15-23)18-42-30(38)22-12-6-2-7-13-22/h1-15,19-20,24,28H,16-18H2,(H2,32,33,34)/t24?,28-/m0/s1. The van der Waals surface area contributed by atoms with Gasteiger partial charge in [0, 0.05) is 0 Å². The maximum absolute atomic E-state index is 13.2. The SMILES string of the molecule is Nc1ncnc2c1ncn2[C@@H](OCCOC(=O)c1ccccc1)C(COC(=O)c1ccccc1)OC(=O)c1ccccc1. The lowest BCUT2D eigenvalue weighted by Gasteiger charge is -2.28. The van der Waals surface area contributed by atoms with Crippen molar-refractivity contribution in [1.29, 1.82) is 0 Å². The Morgan fingerprint density at radius 2 is 1.26 bits per heavy atom. The lowest BCUT2D eigenvalue weighted by Crippen LogP contribution is -2.36. The number of nitrogens with two attached hydrogens (primary N) is 1. The van der Waals surface area contributed by atoms with E-state index in [1.807, 2.05) is 0 Å². The summed E-state index contributed by atoms with van der Waals surface area (Å²) in [5, 5.41) is 0. The molecule has 1 unspecified atom stereocenters. The predicted molar refractivity (Wildman–Crippen MR) is 154 cm³/mol. The van der Waals surface area contributed by atoms with Crippen molar-refractivity contribution in [2.24, 2.45) is 0 Å².